The number of hydrogen-bond donors (Lipinski definition) is 3. The van der Waals surface area contributed by atoms with E-state index in [2.05, 4.69) is 0 Å². The van der Waals surface area contributed by atoms with Crippen LogP contribution in [0.4, 0.5) is 0 Å². The summed E-state index contributed by atoms with van der Waals surface area (Å²) < 4.78 is 14.9. The van der Waals surface area contributed by atoms with Crippen molar-refractivity contribution in [1.82, 2.24) is 0 Å². The van der Waals surface area contributed by atoms with Gasteiger partial charge in [-0.2, -0.15) is 0 Å². The van der Waals surface area contributed by atoms with Gasteiger partial charge in [-0.05, 0) is 12.8 Å². The Bertz CT molecular complexity index is 155. The van der Waals surface area contributed by atoms with Gasteiger partial charge >= 0.3 is 0 Å². The molecule has 0 aromatic carbocycles. The first kappa shape index (κ1) is 16.8. The molecule has 6 heteroatoms. The maximum Gasteiger partial charge on any atom is 0.101 e. The van der Waals surface area contributed by atoms with Gasteiger partial charge in [0.15, 0.2) is 0 Å². The quantitative estimate of drug-likeness (QED) is 0.393. The van der Waals surface area contributed by atoms with Crippen molar-refractivity contribution >= 4 is 0 Å². The van der Waals surface area contributed by atoms with Gasteiger partial charge in [-0.3, -0.25) is 0 Å². The molecular weight excluding hydrogens is 228 g/mol. The standard InChI is InChI=1S/C11H24O6/c1-15-7-10(13)3-2-5-16-8-11(14)9-17-6-4-12/h10-14H,2-9H2,1H3. The van der Waals surface area contributed by atoms with E-state index in [1.54, 1.807) is 7.11 Å². The van der Waals surface area contributed by atoms with Gasteiger partial charge in [0.1, 0.15) is 6.10 Å². The van der Waals surface area contributed by atoms with Crippen LogP contribution in [0.3, 0.4) is 0 Å². The molecule has 0 bridgehead atoms. The largest absolute Gasteiger partial charge is 0.394 e. The number of aliphatic hydroxyl groups excluding tert-OH is 3. The molecule has 0 aliphatic carbocycles. The number of methoxy groups -OCH3 is 1. The van der Waals surface area contributed by atoms with Crippen LogP contribution in [0.1, 0.15) is 12.8 Å². The molecule has 2 atom stereocenters. The number of ether oxygens (including phenoxy) is 3. The summed E-state index contributed by atoms with van der Waals surface area (Å²) in [5, 5.41) is 27.1. The minimum absolute atomic E-state index is 0.0506. The number of aliphatic hydroxyl groups is 3. The van der Waals surface area contributed by atoms with Crippen molar-refractivity contribution < 1.29 is 29.5 Å². The van der Waals surface area contributed by atoms with E-state index in [0.29, 0.717) is 19.6 Å². The van der Waals surface area contributed by atoms with Crippen LogP contribution in [0.15, 0.2) is 0 Å². The van der Waals surface area contributed by atoms with Gasteiger partial charge in [0, 0.05) is 13.7 Å². The molecule has 0 radical (unpaired) electrons. The van der Waals surface area contributed by atoms with Gasteiger partial charge in [0.2, 0.25) is 0 Å². The highest BCUT2D eigenvalue weighted by atomic mass is 16.5. The molecule has 2 unspecified atom stereocenters. The van der Waals surface area contributed by atoms with E-state index in [9.17, 15) is 10.2 Å². The Hall–Kier alpha value is -0.240. The van der Waals surface area contributed by atoms with E-state index in [1.165, 1.54) is 0 Å². The Kier molecular flexibility index (Phi) is 12.1. The van der Waals surface area contributed by atoms with E-state index < -0.39 is 12.2 Å². The third kappa shape index (κ3) is 12.0. The third-order valence-corrected chi connectivity index (χ3v) is 2.04. The molecule has 0 saturated carbocycles. The van der Waals surface area contributed by atoms with Gasteiger partial charge < -0.3 is 29.5 Å². The van der Waals surface area contributed by atoms with E-state index in [4.69, 9.17) is 19.3 Å². The predicted molar refractivity (Wildman–Crippen MR) is 61.8 cm³/mol. The molecule has 0 saturated heterocycles. The first-order chi connectivity index (χ1) is 8.20. The lowest BCUT2D eigenvalue weighted by Crippen LogP contribution is -2.23. The first-order valence-corrected chi connectivity index (χ1v) is 5.82. The van der Waals surface area contributed by atoms with E-state index >= 15 is 0 Å². The fraction of sp³-hybridized carbons (Fsp3) is 1.00. The van der Waals surface area contributed by atoms with E-state index in [-0.39, 0.29) is 26.4 Å². The average molecular weight is 252 g/mol. The SMILES string of the molecule is COCC(O)CCCOCC(O)COCCO. The Labute approximate surface area is 102 Å². The summed E-state index contributed by atoms with van der Waals surface area (Å²) in [7, 11) is 1.54. The Balaban J connectivity index is 3.21. The Morgan fingerprint density at radius 1 is 0.941 bits per heavy atom. The molecule has 0 fully saturated rings. The minimum atomic E-state index is -0.676. The minimum Gasteiger partial charge on any atom is -0.394 e. The molecule has 0 heterocycles. The van der Waals surface area contributed by atoms with Crippen LogP contribution in [-0.4, -0.2) is 74.3 Å². The molecular formula is C11H24O6. The van der Waals surface area contributed by atoms with Crippen LogP contribution in [0.5, 0.6) is 0 Å². The van der Waals surface area contributed by atoms with Gasteiger partial charge in [0.25, 0.3) is 0 Å². The average Bonchev–Trinajstić information content (AvgIpc) is 2.29. The highest BCUT2D eigenvalue weighted by Crippen LogP contribution is 1.98. The van der Waals surface area contributed by atoms with Crippen LogP contribution < -0.4 is 0 Å². The maximum atomic E-state index is 9.37. The smallest absolute Gasteiger partial charge is 0.101 e. The van der Waals surface area contributed by atoms with E-state index in [1.807, 2.05) is 0 Å². The van der Waals surface area contributed by atoms with Crippen LogP contribution in [-0.2, 0) is 14.2 Å². The van der Waals surface area contributed by atoms with Crippen LogP contribution in [0.25, 0.3) is 0 Å². The molecule has 0 aromatic heterocycles. The highest BCUT2D eigenvalue weighted by Gasteiger charge is 2.05. The molecule has 104 valence electrons. The summed E-state index contributed by atoms with van der Waals surface area (Å²) in [4.78, 5) is 0. The number of rotatable bonds is 12. The second kappa shape index (κ2) is 12.2. The highest BCUT2D eigenvalue weighted by molar-refractivity contribution is 4.55. The van der Waals surface area contributed by atoms with Crippen LogP contribution in [0.2, 0.25) is 0 Å². The zero-order valence-corrected chi connectivity index (χ0v) is 10.4. The Morgan fingerprint density at radius 2 is 1.59 bits per heavy atom. The van der Waals surface area contributed by atoms with Crippen molar-refractivity contribution in [3.8, 4) is 0 Å². The Morgan fingerprint density at radius 3 is 2.18 bits per heavy atom. The van der Waals surface area contributed by atoms with Gasteiger partial charge in [-0.1, -0.05) is 0 Å². The normalized spacial score (nSPS) is 14.8. The van der Waals surface area contributed by atoms with Gasteiger partial charge in [-0.15, -0.1) is 0 Å². The predicted octanol–water partition coefficient (Wildman–Crippen LogP) is -0.840. The third-order valence-electron chi connectivity index (χ3n) is 2.04. The van der Waals surface area contributed by atoms with Gasteiger partial charge in [-0.25, -0.2) is 0 Å². The molecule has 0 amide bonds. The first-order valence-electron chi connectivity index (χ1n) is 5.82. The zero-order valence-electron chi connectivity index (χ0n) is 10.4. The zero-order chi connectivity index (χ0) is 12.9. The van der Waals surface area contributed by atoms with Crippen LogP contribution >= 0.6 is 0 Å². The summed E-state index contributed by atoms with van der Waals surface area (Å²) >= 11 is 0. The van der Waals surface area contributed by atoms with Crippen LogP contribution in [0, 0.1) is 0 Å². The molecule has 0 spiro atoms. The molecule has 6 nitrogen and oxygen atoms in total. The number of hydrogen-bond acceptors (Lipinski definition) is 6. The summed E-state index contributed by atoms with van der Waals surface area (Å²) in [5.41, 5.74) is 0. The van der Waals surface area contributed by atoms with Crippen molar-refractivity contribution in [2.45, 2.75) is 25.0 Å². The summed E-state index contributed by atoms with van der Waals surface area (Å²) in [6, 6.07) is 0. The molecule has 0 aromatic rings. The second-order valence-corrected chi connectivity index (χ2v) is 3.78. The van der Waals surface area contributed by atoms with Crippen molar-refractivity contribution in [3.63, 3.8) is 0 Å². The lowest BCUT2D eigenvalue weighted by atomic mass is 10.2. The fourth-order valence-electron chi connectivity index (χ4n) is 1.25. The second-order valence-electron chi connectivity index (χ2n) is 3.78. The summed E-state index contributed by atoms with van der Waals surface area (Å²) in [6.07, 6.45) is 0.200. The summed E-state index contributed by atoms with van der Waals surface area (Å²) in [5.74, 6) is 0. The topological polar surface area (TPSA) is 88.4 Å². The molecule has 0 aliphatic heterocycles. The fourth-order valence-corrected chi connectivity index (χ4v) is 1.25. The van der Waals surface area contributed by atoms with E-state index in [0.717, 1.165) is 6.42 Å². The summed E-state index contributed by atoms with van der Waals surface area (Å²) in [6.45, 7) is 1.35. The molecule has 3 N–H and O–H groups in total. The van der Waals surface area contributed by atoms with Crippen molar-refractivity contribution in [1.29, 1.82) is 0 Å². The lowest BCUT2D eigenvalue weighted by molar-refractivity contribution is -0.0276. The van der Waals surface area contributed by atoms with Crippen molar-refractivity contribution in [2.75, 3.05) is 46.8 Å². The monoisotopic (exact) mass is 252 g/mol. The van der Waals surface area contributed by atoms with Gasteiger partial charge in [0.05, 0.1) is 39.1 Å². The molecule has 0 rings (SSSR count). The molecule has 17 heavy (non-hydrogen) atoms. The lowest BCUT2D eigenvalue weighted by Gasteiger charge is -2.12. The maximum absolute atomic E-state index is 9.37. The molecule has 0 aliphatic rings. The van der Waals surface area contributed by atoms with Crippen molar-refractivity contribution in [3.05, 3.63) is 0 Å². The van der Waals surface area contributed by atoms with Crippen molar-refractivity contribution in [2.24, 2.45) is 0 Å².